The minimum atomic E-state index is -0.869. The maximum atomic E-state index is 13.0. The highest BCUT2D eigenvalue weighted by Crippen LogP contribution is 2.34. The van der Waals surface area contributed by atoms with Gasteiger partial charge in [-0.2, -0.15) is 0 Å². The summed E-state index contributed by atoms with van der Waals surface area (Å²) in [4.78, 5) is 0. The summed E-state index contributed by atoms with van der Waals surface area (Å²) in [6.45, 7) is 0. The largest absolute Gasteiger partial charge is 0.400 e. The van der Waals surface area contributed by atoms with Crippen LogP contribution >= 0.6 is 0 Å². The second-order valence-corrected chi connectivity index (χ2v) is 5.55. The van der Waals surface area contributed by atoms with Crippen molar-refractivity contribution in [3.8, 4) is 0 Å². The quantitative estimate of drug-likeness (QED) is 0.589. The summed E-state index contributed by atoms with van der Waals surface area (Å²) in [5.41, 5.74) is 20.6. The van der Waals surface area contributed by atoms with Gasteiger partial charge in [0.2, 0.25) is 0 Å². The molecule has 0 fully saturated rings. The SMILES string of the molecule is NC1=CC(c2ccc(F)cc2)C=CC1(N)c1cccc(N)c1. The minimum Gasteiger partial charge on any atom is -0.400 e. The van der Waals surface area contributed by atoms with Crippen molar-refractivity contribution in [2.75, 3.05) is 5.73 Å². The number of nitrogen functional groups attached to an aromatic ring is 1. The van der Waals surface area contributed by atoms with E-state index >= 15 is 0 Å². The topological polar surface area (TPSA) is 78.1 Å². The maximum Gasteiger partial charge on any atom is 0.123 e. The Hall–Kier alpha value is -2.59. The molecule has 1 aliphatic carbocycles. The van der Waals surface area contributed by atoms with E-state index in [9.17, 15) is 4.39 Å². The molecule has 6 N–H and O–H groups in total. The lowest BCUT2D eigenvalue weighted by Gasteiger charge is -2.32. The Kier molecular flexibility index (Phi) is 3.47. The normalized spacial score (nSPS) is 24.1. The van der Waals surface area contributed by atoms with E-state index in [1.807, 2.05) is 36.4 Å². The molecule has 0 amide bonds. The molecule has 0 heterocycles. The van der Waals surface area contributed by atoms with E-state index in [-0.39, 0.29) is 11.7 Å². The van der Waals surface area contributed by atoms with Gasteiger partial charge >= 0.3 is 0 Å². The average Bonchev–Trinajstić information content (AvgIpc) is 2.51. The van der Waals surface area contributed by atoms with Crippen LogP contribution < -0.4 is 17.2 Å². The van der Waals surface area contributed by atoms with Crippen LogP contribution in [-0.4, -0.2) is 0 Å². The fourth-order valence-corrected chi connectivity index (χ4v) is 2.69. The molecule has 0 aromatic heterocycles. The highest BCUT2D eigenvalue weighted by atomic mass is 19.1. The van der Waals surface area contributed by atoms with Gasteiger partial charge in [0, 0.05) is 17.3 Å². The van der Waals surface area contributed by atoms with Crippen molar-refractivity contribution in [1.82, 2.24) is 0 Å². The van der Waals surface area contributed by atoms with Gasteiger partial charge in [-0.3, -0.25) is 0 Å². The summed E-state index contributed by atoms with van der Waals surface area (Å²) in [6, 6.07) is 13.8. The molecule has 0 saturated carbocycles. The van der Waals surface area contributed by atoms with Gasteiger partial charge in [0.1, 0.15) is 5.82 Å². The summed E-state index contributed by atoms with van der Waals surface area (Å²) in [6.07, 6.45) is 5.76. The molecule has 2 atom stereocenters. The molecule has 3 rings (SSSR count). The summed E-state index contributed by atoms with van der Waals surface area (Å²) in [7, 11) is 0. The third-order valence-electron chi connectivity index (χ3n) is 4.02. The molecule has 3 nitrogen and oxygen atoms in total. The van der Waals surface area contributed by atoms with E-state index in [0.29, 0.717) is 11.4 Å². The van der Waals surface area contributed by atoms with Gasteiger partial charge in [-0.05, 0) is 35.4 Å². The predicted molar refractivity (Wildman–Crippen MR) is 87.3 cm³/mol. The average molecular weight is 295 g/mol. The minimum absolute atomic E-state index is 0.0154. The Labute approximate surface area is 128 Å². The Balaban J connectivity index is 1.95. The third kappa shape index (κ3) is 2.49. The number of hydrogen-bond acceptors (Lipinski definition) is 3. The molecular weight excluding hydrogens is 277 g/mol. The summed E-state index contributed by atoms with van der Waals surface area (Å²) in [5.74, 6) is -0.272. The van der Waals surface area contributed by atoms with Crippen molar-refractivity contribution in [3.63, 3.8) is 0 Å². The molecule has 2 aromatic carbocycles. The first-order chi connectivity index (χ1) is 10.5. The van der Waals surface area contributed by atoms with Gasteiger partial charge in [-0.25, -0.2) is 4.39 Å². The Morgan fingerprint density at radius 2 is 1.73 bits per heavy atom. The van der Waals surface area contributed by atoms with Crippen molar-refractivity contribution < 1.29 is 4.39 Å². The monoisotopic (exact) mass is 295 g/mol. The van der Waals surface area contributed by atoms with Crippen LogP contribution in [0.15, 0.2) is 72.5 Å². The number of hydrogen-bond donors (Lipinski definition) is 3. The van der Waals surface area contributed by atoms with Crippen LogP contribution in [0.3, 0.4) is 0 Å². The van der Waals surface area contributed by atoms with Crippen LogP contribution in [0.5, 0.6) is 0 Å². The van der Waals surface area contributed by atoms with E-state index in [1.165, 1.54) is 12.1 Å². The zero-order valence-corrected chi connectivity index (χ0v) is 12.0. The van der Waals surface area contributed by atoms with E-state index < -0.39 is 5.54 Å². The van der Waals surface area contributed by atoms with Crippen molar-refractivity contribution in [2.24, 2.45) is 11.5 Å². The van der Waals surface area contributed by atoms with Crippen molar-refractivity contribution in [2.45, 2.75) is 11.5 Å². The van der Waals surface area contributed by atoms with Crippen LogP contribution in [0.1, 0.15) is 17.0 Å². The predicted octanol–water partition coefficient (Wildman–Crippen LogP) is 2.76. The first kappa shape index (κ1) is 14.4. The number of nitrogens with two attached hydrogens (primary N) is 3. The van der Waals surface area contributed by atoms with E-state index in [1.54, 1.807) is 18.2 Å². The molecule has 0 radical (unpaired) electrons. The van der Waals surface area contributed by atoms with Gasteiger partial charge in [0.15, 0.2) is 0 Å². The van der Waals surface area contributed by atoms with Gasteiger partial charge in [-0.1, -0.05) is 42.5 Å². The van der Waals surface area contributed by atoms with Gasteiger partial charge in [-0.15, -0.1) is 0 Å². The van der Waals surface area contributed by atoms with Crippen molar-refractivity contribution >= 4 is 5.69 Å². The molecule has 2 aromatic rings. The Morgan fingerprint density at radius 3 is 2.36 bits per heavy atom. The van der Waals surface area contributed by atoms with Crippen LogP contribution in [0.25, 0.3) is 0 Å². The molecule has 4 heteroatoms. The number of halogens is 1. The Bertz CT molecular complexity index is 749. The van der Waals surface area contributed by atoms with Gasteiger partial charge < -0.3 is 17.2 Å². The first-order valence-electron chi connectivity index (χ1n) is 7.06. The zero-order valence-electron chi connectivity index (χ0n) is 12.0. The fraction of sp³-hybridized carbons (Fsp3) is 0.111. The van der Waals surface area contributed by atoms with Gasteiger partial charge in [0.05, 0.1) is 5.54 Å². The molecule has 0 aliphatic heterocycles. The second-order valence-electron chi connectivity index (χ2n) is 5.55. The molecular formula is C18H18FN3. The number of rotatable bonds is 2. The molecule has 0 saturated heterocycles. The van der Waals surface area contributed by atoms with Crippen LogP contribution in [0.2, 0.25) is 0 Å². The first-order valence-corrected chi connectivity index (χ1v) is 7.06. The molecule has 22 heavy (non-hydrogen) atoms. The van der Waals surface area contributed by atoms with E-state index in [0.717, 1.165) is 11.1 Å². The lowest BCUT2D eigenvalue weighted by molar-refractivity contribution is 0.624. The lowest BCUT2D eigenvalue weighted by Crippen LogP contribution is -2.41. The molecule has 2 unspecified atom stereocenters. The lowest BCUT2D eigenvalue weighted by atomic mass is 9.80. The highest BCUT2D eigenvalue weighted by Gasteiger charge is 2.31. The van der Waals surface area contributed by atoms with Gasteiger partial charge in [0.25, 0.3) is 0 Å². The van der Waals surface area contributed by atoms with E-state index in [2.05, 4.69) is 0 Å². The standard InChI is InChI=1S/C18H18FN3/c19-15-6-4-12(5-7-15)13-8-9-18(22,17(21)10-13)14-2-1-3-16(20)11-14/h1-11,13H,20-22H2. The summed E-state index contributed by atoms with van der Waals surface area (Å²) in [5, 5.41) is 0. The van der Waals surface area contributed by atoms with Crippen LogP contribution in [-0.2, 0) is 5.54 Å². The zero-order chi connectivity index (χ0) is 15.7. The third-order valence-corrected chi connectivity index (χ3v) is 4.02. The maximum absolute atomic E-state index is 13.0. The fourth-order valence-electron chi connectivity index (χ4n) is 2.69. The number of anilines is 1. The smallest absolute Gasteiger partial charge is 0.123 e. The molecule has 112 valence electrons. The van der Waals surface area contributed by atoms with Crippen LogP contribution in [0.4, 0.5) is 10.1 Å². The molecule has 0 bridgehead atoms. The van der Waals surface area contributed by atoms with E-state index in [4.69, 9.17) is 17.2 Å². The summed E-state index contributed by atoms with van der Waals surface area (Å²) < 4.78 is 13.0. The van der Waals surface area contributed by atoms with Crippen molar-refractivity contribution in [3.05, 3.63) is 89.4 Å². The highest BCUT2D eigenvalue weighted by molar-refractivity contribution is 5.51. The second kappa shape index (κ2) is 5.31. The number of allylic oxidation sites excluding steroid dienone is 2. The molecule has 1 aliphatic rings. The molecule has 0 spiro atoms. The number of benzene rings is 2. The van der Waals surface area contributed by atoms with Crippen LogP contribution in [0, 0.1) is 5.82 Å². The summed E-state index contributed by atoms with van der Waals surface area (Å²) >= 11 is 0. The Morgan fingerprint density at radius 1 is 1.00 bits per heavy atom. The van der Waals surface area contributed by atoms with Crippen molar-refractivity contribution in [1.29, 1.82) is 0 Å².